The van der Waals surface area contributed by atoms with Gasteiger partial charge < -0.3 is 0 Å². The number of nitro groups is 1. The highest BCUT2D eigenvalue weighted by molar-refractivity contribution is 7.92. The van der Waals surface area contributed by atoms with Gasteiger partial charge in [0.15, 0.2) is 0 Å². The van der Waals surface area contributed by atoms with Crippen molar-refractivity contribution in [3.63, 3.8) is 0 Å². The molecule has 1 N–H and O–H groups in total. The van der Waals surface area contributed by atoms with Gasteiger partial charge in [0.1, 0.15) is 5.02 Å². The van der Waals surface area contributed by atoms with Crippen molar-refractivity contribution in [2.24, 2.45) is 0 Å². The van der Waals surface area contributed by atoms with E-state index in [-0.39, 0.29) is 9.92 Å². The van der Waals surface area contributed by atoms with Crippen LogP contribution in [0.1, 0.15) is 0 Å². The van der Waals surface area contributed by atoms with E-state index in [1.807, 2.05) is 30.3 Å². The summed E-state index contributed by atoms with van der Waals surface area (Å²) in [7, 11) is -4.03. The summed E-state index contributed by atoms with van der Waals surface area (Å²) in [6.07, 6.45) is 0. The highest BCUT2D eigenvalue weighted by atomic mass is 35.5. The second-order valence-electron chi connectivity index (χ2n) is 5.39. The van der Waals surface area contributed by atoms with Crippen molar-refractivity contribution < 1.29 is 13.3 Å². The van der Waals surface area contributed by atoms with E-state index in [0.29, 0.717) is 11.3 Å². The first-order valence-corrected chi connectivity index (χ1v) is 9.36. The highest BCUT2D eigenvalue weighted by Crippen LogP contribution is 2.31. The summed E-state index contributed by atoms with van der Waals surface area (Å²) in [5, 5.41) is 10.9. The SMILES string of the molecule is O=[N+]([O-])c1cc(S(=O)(=O)Nc2ccccc2-c2ccccc2)ccc1Cl. The van der Waals surface area contributed by atoms with Crippen LogP contribution in [0.3, 0.4) is 0 Å². The number of nitro benzene ring substituents is 1. The van der Waals surface area contributed by atoms with Gasteiger partial charge >= 0.3 is 0 Å². The fourth-order valence-corrected chi connectivity index (χ4v) is 3.73. The molecule has 0 bridgehead atoms. The second-order valence-corrected chi connectivity index (χ2v) is 7.48. The quantitative estimate of drug-likeness (QED) is 0.506. The van der Waals surface area contributed by atoms with Crippen molar-refractivity contribution in [1.29, 1.82) is 0 Å². The van der Waals surface area contributed by atoms with Gasteiger partial charge in [-0.2, -0.15) is 0 Å². The van der Waals surface area contributed by atoms with Crippen molar-refractivity contribution in [2.75, 3.05) is 4.72 Å². The van der Waals surface area contributed by atoms with E-state index in [4.69, 9.17) is 11.6 Å². The molecule has 3 rings (SSSR count). The first-order valence-electron chi connectivity index (χ1n) is 7.50. The summed E-state index contributed by atoms with van der Waals surface area (Å²) in [6, 6.07) is 19.6. The maximum Gasteiger partial charge on any atom is 0.289 e. The Morgan fingerprint density at radius 3 is 2.27 bits per heavy atom. The fraction of sp³-hybridized carbons (Fsp3) is 0. The molecule has 0 unspecified atom stereocenters. The number of nitrogens with one attached hydrogen (secondary N) is 1. The zero-order valence-electron chi connectivity index (χ0n) is 13.3. The number of sulfonamides is 1. The lowest BCUT2D eigenvalue weighted by atomic mass is 10.0. The lowest BCUT2D eigenvalue weighted by molar-refractivity contribution is -0.384. The third kappa shape index (κ3) is 3.68. The molecule has 0 atom stereocenters. The Bertz CT molecular complexity index is 1070. The van der Waals surface area contributed by atoms with Gasteiger partial charge in [-0.05, 0) is 23.8 Å². The third-order valence-electron chi connectivity index (χ3n) is 3.68. The molecule has 0 aliphatic heterocycles. The number of hydrogen-bond donors (Lipinski definition) is 1. The lowest BCUT2D eigenvalue weighted by Crippen LogP contribution is -2.14. The van der Waals surface area contributed by atoms with Crippen molar-refractivity contribution in [2.45, 2.75) is 4.90 Å². The van der Waals surface area contributed by atoms with E-state index in [9.17, 15) is 18.5 Å². The number of rotatable bonds is 5. The molecule has 0 spiro atoms. The average molecular weight is 389 g/mol. The number of anilines is 1. The minimum Gasteiger partial charge on any atom is -0.279 e. The van der Waals surface area contributed by atoms with Crippen molar-refractivity contribution in [3.8, 4) is 11.1 Å². The maximum atomic E-state index is 12.7. The van der Waals surface area contributed by atoms with E-state index < -0.39 is 20.6 Å². The second kappa shape index (κ2) is 7.15. The molecule has 26 heavy (non-hydrogen) atoms. The highest BCUT2D eigenvalue weighted by Gasteiger charge is 2.21. The summed E-state index contributed by atoms with van der Waals surface area (Å²) >= 11 is 5.75. The summed E-state index contributed by atoms with van der Waals surface area (Å²) in [6.45, 7) is 0. The first kappa shape index (κ1) is 17.9. The van der Waals surface area contributed by atoms with E-state index in [1.54, 1.807) is 24.3 Å². The van der Waals surface area contributed by atoms with Gasteiger partial charge in [0, 0.05) is 11.6 Å². The number of halogens is 1. The van der Waals surface area contributed by atoms with Gasteiger partial charge in [0.05, 0.1) is 15.5 Å². The molecule has 6 nitrogen and oxygen atoms in total. The first-order chi connectivity index (χ1) is 12.4. The van der Waals surface area contributed by atoms with Crippen LogP contribution < -0.4 is 4.72 Å². The zero-order valence-corrected chi connectivity index (χ0v) is 14.9. The Hall–Kier alpha value is -2.90. The van der Waals surface area contributed by atoms with Crippen LogP contribution >= 0.6 is 11.6 Å². The third-order valence-corrected chi connectivity index (χ3v) is 5.36. The minimum absolute atomic E-state index is 0.126. The van der Waals surface area contributed by atoms with Crippen LogP contribution in [-0.4, -0.2) is 13.3 Å². The molecule has 8 heteroatoms. The zero-order chi connectivity index (χ0) is 18.7. The van der Waals surface area contributed by atoms with Crippen molar-refractivity contribution in [1.82, 2.24) is 0 Å². The Labute approximate surface area is 155 Å². The van der Waals surface area contributed by atoms with Gasteiger partial charge in [-0.1, -0.05) is 60.1 Å². The molecule has 0 aliphatic carbocycles. The molecule has 132 valence electrons. The van der Waals surface area contributed by atoms with Crippen LogP contribution in [0.25, 0.3) is 11.1 Å². The van der Waals surface area contributed by atoms with Crippen molar-refractivity contribution >= 4 is 33.0 Å². The van der Waals surface area contributed by atoms with Crippen molar-refractivity contribution in [3.05, 3.63) is 87.9 Å². The predicted molar refractivity (Wildman–Crippen MR) is 101 cm³/mol. The van der Waals surface area contributed by atoms with Crippen LogP contribution in [0.5, 0.6) is 0 Å². The van der Waals surface area contributed by atoms with Gasteiger partial charge in [0.25, 0.3) is 15.7 Å². The summed E-state index contributed by atoms with van der Waals surface area (Å²) in [5.74, 6) is 0. The maximum absolute atomic E-state index is 12.7. The van der Waals surface area contributed by atoms with E-state index in [2.05, 4.69) is 4.72 Å². The smallest absolute Gasteiger partial charge is 0.279 e. The number of para-hydroxylation sites is 1. The Morgan fingerprint density at radius 1 is 0.923 bits per heavy atom. The predicted octanol–water partition coefficient (Wildman–Crippen LogP) is 4.72. The van der Waals surface area contributed by atoms with Gasteiger partial charge in [-0.3, -0.25) is 14.8 Å². The summed E-state index contributed by atoms with van der Waals surface area (Å²) in [5.41, 5.74) is 1.44. The molecule has 0 aromatic heterocycles. The summed E-state index contributed by atoms with van der Waals surface area (Å²) in [4.78, 5) is 10.0. The van der Waals surface area contributed by atoms with E-state index in [0.717, 1.165) is 11.6 Å². The van der Waals surface area contributed by atoms with E-state index >= 15 is 0 Å². The summed E-state index contributed by atoms with van der Waals surface area (Å²) < 4.78 is 27.9. The molecule has 0 heterocycles. The van der Waals surface area contributed by atoms with Crippen LogP contribution in [-0.2, 0) is 10.0 Å². The number of nitrogens with zero attached hydrogens (tertiary/aromatic N) is 1. The molecular weight excluding hydrogens is 376 g/mol. The molecular formula is C18H13ClN2O4S. The Balaban J connectivity index is 2.02. The molecule has 0 saturated heterocycles. The normalized spacial score (nSPS) is 11.1. The Morgan fingerprint density at radius 2 is 1.58 bits per heavy atom. The van der Waals surface area contributed by atoms with Crippen LogP contribution in [0.2, 0.25) is 5.02 Å². The standard InChI is InChI=1S/C18H13ClN2O4S/c19-16-11-10-14(12-18(16)21(22)23)26(24,25)20-17-9-5-4-8-15(17)13-6-2-1-3-7-13/h1-12,20H. The monoisotopic (exact) mass is 388 g/mol. The van der Waals surface area contributed by atoms with Gasteiger partial charge in [-0.25, -0.2) is 8.42 Å². The van der Waals surface area contributed by atoms with Crippen LogP contribution in [0, 0.1) is 10.1 Å². The van der Waals surface area contributed by atoms with Gasteiger partial charge in [0.2, 0.25) is 0 Å². The molecule has 0 fully saturated rings. The largest absolute Gasteiger partial charge is 0.289 e. The molecule has 3 aromatic rings. The average Bonchev–Trinajstić information content (AvgIpc) is 2.62. The number of benzene rings is 3. The fourth-order valence-electron chi connectivity index (χ4n) is 2.44. The molecule has 0 radical (unpaired) electrons. The molecule has 0 amide bonds. The van der Waals surface area contributed by atoms with Crippen LogP contribution in [0.4, 0.5) is 11.4 Å². The molecule has 0 aliphatic rings. The number of hydrogen-bond acceptors (Lipinski definition) is 4. The Kier molecular flexibility index (Phi) is 4.92. The van der Waals surface area contributed by atoms with E-state index in [1.165, 1.54) is 12.1 Å². The van der Waals surface area contributed by atoms with Gasteiger partial charge in [-0.15, -0.1) is 0 Å². The van der Waals surface area contributed by atoms with Crippen LogP contribution in [0.15, 0.2) is 77.7 Å². The molecule has 3 aromatic carbocycles. The lowest BCUT2D eigenvalue weighted by Gasteiger charge is -2.13. The minimum atomic E-state index is -4.03. The molecule has 0 saturated carbocycles. The topological polar surface area (TPSA) is 89.3 Å².